The largest absolute Gasteiger partial charge is 0.494 e. The van der Waals surface area contributed by atoms with Crippen molar-refractivity contribution in [2.45, 2.75) is 26.3 Å². The van der Waals surface area contributed by atoms with Crippen LogP contribution in [-0.2, 0) is 11.3 Å². The number of amides is 1. The molecule has 0 saturated carbocycles. The number of anilines is 1. The number of benzene rings is 1. The Balaban J connectivity index is 1.18. The van der Waals surface area contributed by atoms with Crippen LogP contribution in [0, 0.1) is 5.92 Å². The van der Waals surface area contributed by atoms with Crippen molar-refractivity contribution in [1.29, 1.82) is 0 Å². The van der Waals surface area contributed by atoms with E-state index >= 15 is 0 Å². The third-order valence-electron chi connectivity index (χ3n) is 6.44. The zero-order valence-electron chi connectivity index (χ0n) is 21.2. The molecule has 0 spiro atoms. The Bertz CT molecular complexity index is 1420. The summed E-state index contributed by atoms with van der Waals surface area (Å²) in [7, 11) is 0. The Labute approximate surface area is 220 Å². The van der Waals surface area contributed by atoms with Crippen LogP contribution in [0.1, 0.15) is 19.8 Å². The summed E-state index contributed by atoms with van der Waals surface area (Å²) in [5, 5.41) is 11.7. The molecule has 1 atom stereocenters. The van der Waals surface area contributed by atoms with Gasteiger partial charge in [0.05, 0.1) is 24.8 Å². The lowest BCUT2D eigenvalue weighted by atomic mass is 9.97. The number of rotatable bonds is 9. The van der Waals surface area contributed by atoms with E-state index in [1.54, 1.807) is 16.9 Å². The van der Waals surface area contributed by atoms with Crippen molar-refractivity contribution in [3.63, 3.8) is 0 Å². The second-order valence-electron chi connectivity index (χ2n) is 9.00. The van der Waals surface area contributed by atoms with Gasteiger partial charge in [-0.3, -0.25) is 9.59 Å². The van der Waals surface area contributed by atoms with E-state index in [1.165, 1.54) is 17.1 Å². The summed E-state index contributed by atoms with van der Waals surface area (Å²) in [6.45, 7) is 4.51. The van der Waals surface area contributed by atoms with E-state index < -0.39 is 0 Å². The highest BCUT2D eigenvalue weighted by Crippen LogP contribution is 2.23. The number of carbonyl (C=O) groups excluding carboxylic acids is 1. The maximum absolute atomic E-state index is 13.0. The monoisotopic (exact) mass is 514 g/mol. The lowest BCUT2D eigenvalue weighted by Crippen LogP contribution is -2.44. The van der Waals surface area contributed by atoms with Crippen LogP contribution in [0.15, 0.2) is 72.0 Å². The molecule has 1 aliphatic rings. The van der Waals surface area contributed by atoms with Gasteiger partial charge in [0.15, 0.2) is 5.82 Å². The first kappa shape index (κ1) is 25.1. The van der Waals surface area contributed by atoms with Gasteiger partial charge in [-0.15, -0.1) is 0 Å². The van der Waals surface area contributed by atoms with E-state index in [-0.39, 0.29) is 23.9 Å². The third kappa shape index (κ3) is 5.88. The Hall–Kier alpha value is -4.54. The summed E-state index contributed by atoms with van der Waals surface area (Å²) in [6, 6.07) is 14.5. The minimum Gasteiger partial charge on any atom is -0.494 e. The predicted molar refractivity (Wildman–Crippen MR) is 142 cm³/mol. The van der Waals surface area contributed by atoms with Crippen molar-refractivity contribution in [2.75, 3.05) is 31.1 Å². The van der Waals surface area contributed by atoms with Gasteiger partial charge in [-0.05, 0) is 56.2 Å². The molecule has 11 heteroatoms. The number of aromatic nitrogens is 6. The molecule has 0 radical (unpaired) electrons. The molecule has 3 aromatic heterocycles. The first-order valence-electron chi connectivity index (χ1n) is 12.8. The average Bonchev–Trinajstić information content (AvgIpc) is 3.50. The van der Waals surface area contributed by atoms with Gasteiger partial charge in [0.1, 0.15) is 17.9 Å². The summed E-state index contributed by atoms with van der Waals surface area (Å²) < 4.78 is 8.56. The molecule has 4 aromatic rings. The molecule has 196 valence electrons. The fourth-order valence-corrected chi connectivity index (χ4v) is 4.52. The number of piperidine rings is 1. The van der Waals surface area contributed by atoms with Crippen LogP contribution in [0.3, 0.4) is 0 Å². The highest BCUT2D eigenvalue weighted by Gasteiger charge is 2.26. The van der Waals surface area contributed by atoms with Crippen molar-refractivity contribution >= 4 is 11.7 Å². The lowest BCUT2D eigenvalue weighted by Gasteiger charge is -2.32. The number of nitrogens with one attached hydrogen (secondary N) is 1. The van der Waals surface area contributed by atoms with Crippen molar-refractivity contribution < 1.29 is 9.53 Å². The van der Waals surface area contributed by atoms with Crippen LogP contribution < -0.4 is 20.5 Å². The average molecular weight is 515 g/mol. The van der Waals surface area contributed by atoms with Crippen LogP contribution in [0.2, 0.25) is 0 Å². The molecule has 1 aromatic carbocycles. The highest BCUT2D eigenvalue weighted by molar-refractivity contribution is 5.79. The first-order chi connectivity index (χ1) is 18.6. The summed E-state index contributed by atoms with van der Waals surface area (Å²) in [6.07, 6.45) is 6.72. The predicted octanol–water partition coefficient (Wildman–Crippen LogP) is 2.32. The second kappa shape index (κ2) is 11.7. The molecular formula is C27H30N8O3. The van der Waals surface area contributed by atoms with Gasteiger partial charge < -0.3 is 15.0 Å². The van der Waals surface area contributed by atoms with Crippen molar-refractivity contribution in [1.82, 2.24) is 34.8 Å². The minimum atomic E-state index is -0.213. The summed E-state index contributed by atoms with van der Waals surface area (Å²) in [5.41, 5.74) is 1.35. The molecular weight excluding hydrogens is 484 g/mol. The van der Waals surface area contributed by atoms with Gasteiger partial charge in [0.2, 0.25) is 5.91 Å². The van der Waals surface area contributed by atoms with E-state index in [0.29, 0.717) is 31.2 Å². The molecule has 4 heterocycles. The Morgan fingerprint density at radius 1 is 1.13 bits per heavy atom. The number of hydrogen-bond donors (Lipinski definition) is 1. The molecule has 0 bridgehead atoms. The van der Waals surface area contributed by atoms with E-state index in [0.717, 1.165) is 36.5 Å². The molecule has 11 nitrogen and oxygen atoms in total. The molecule has 1 saturated heterocycles. The quantitative estimate of drug-likeness (QED) is 0.361. The third-order valence-corrected chi connectivity index (χ3v) is 6.44. The Kier molecular flexibility index (Phi) is 7.72. The highest BCUT2D eigenvalue weighted by atomic mass is 16.5. The number of ether oxygens (including phenoxy) is 1. The Morgan fingerprint density at radius 3 is 2.76 bits per heavy atom. The fraction of sp³-hybridized carbons (Fsp3) is 0.333. The normalized spacial score (nSPS) is 15.3. The maximum Gasteiger partial charge on any atom is 0.266 e. The molecule has 0 aliphatic carbocycles. The first-order valence-corrected chi connectivity index (χ1v) is 12.8. The van der Waals surface area contributed by atoms with E-state index in [1.807, 2.05) is 49.5 Å². The fourth-order valence-electron chi connectivity index (χ4n) is 4.52. The zero-order chi connectivity index (χ0) is 26.3. The van der Waals surface area contributed by atoms with Gasteiger partial charge in [-0.25, -0.2) is 19.3 Å². The zero-order valence-corrected chi connectivity index (χ0v) is 21.2. The summed E-state index contributed by atoms with van der Waals surface area (Å²) in [4.78, 5) is 36.2. The van der Waals surface area contributed by atoms with Crippen LogP contribution in [0.5, 0.6) is 5.75 Å². The lowest BCUT2D eigenvalue weighted by molar-refractivity contribution is -0.125. The van der Waals surface area contributed by atoms with E-state index in [2.05, 4.69) is 30.4 Å². The molecule has 1 amide bonds. The van der Waals surface area contributed by atoms with E-state index in [9.17, 15) is 9.59 Å². The van der Waals surface area contributed by atoms with E-state index in [4.69, 9.17) is 4.74 Å². The van der Waals surface area contributed by atoms with Crippen LogP contribution in [0.25, 0.3) is 17.1 Å². The van der Waals surface area contributed by atoms with Gasteiger partial charge in [0, 0.05) is 49.7 Å². The van der Waals surface area contributed by atoms with Gasteiger partial charge in [0.25, 0.3) is 5.56 Å². The van der Waals surface area contributed by atoms with Crippen molar-refractivity contribution in [3.8, 4) is 22.8 Å². The molecule has 1 N–H and O–H groups in total. The molecule has 1 fully saturated rings. The molecule has 5 rings (SSSR count). The molecule has 1 unspecified atom stereocenters. The standard InChI is InChI=1S/C27H30N8O3/c1-2-38-22-8-6-20(7-9-22)23-10-11-26(36)35(32-23)16-13-28-27(37)21-5-3-14-33(18-21)24-17-25(30-19-29-24)34-15-4-12-31-34/h4,6-12,15,17,19,21H,2-3,5,13-14,16,18H2,1H3,(H,28,37). The van der Waals surface area contributed by atoms with Crippen LogP contribution in [-0.4, -0.2) is 61.7 Å². The van der Waals surface area contributed by atoms with Gasteiger partial charge in [-0.2, -0.15) is 10.2 Å². The van der Waals surface area contributed by atoms with Crippen LogP contribution >= 0.6 is 0 Å². The molecule has 38 heavy (non-hydrogen) atoms. The number of nitrogens with zero attached hydrogens (tertiary/aromatic N) is 7. The minimum absolute atomic E-state index is 0.0354. The summed E-state index contributed by atoms with van der Waals surface area (Å²) in [5.74, 6) is 2.02. The SMILES string of the molecule is CCOc1ccc(-c2ccc(=O)n(CCNC(=O)C3CCCN(c4cc(-n5cccn5)ncn4)C3)n2)cc1. The number of hydrogen-bond acceptors (Lipinski definition) is 8. The van der Waals surface area contributed by atoms with Gasteiger partial charge >= 0.3 is 0 Å². The topological polar surface area (TPSA) is 120 Å². The van der Waals surface area contributed by atoms with Crippen molar-refractivity contribution in [2.24, 2.45) is 5.92 Å². The summed E-state index contributed by atoms with van der Waals surface area (Å²) >= 11 is 0. The maximum atomic E-state index is 13.0. The molecule has 1 aliphatic heterocycles. The van der Waals surface area contributed by atoms with Gasteiger partial charge in [-0.1, -0.05) is 0 Å². The second-order valence-corrected chi connectivity index (χ2v) is 9.00. The Morgan fingerprint density at radius 2 is 1.97 bits per heavy atom. The smallest absolute Gasteiger partial charge is 0.266 e. The number of carbonyl (C=O) groups is 1. The van der Waals surface area contributed by atoms with Crippen molar-refractivity contribution in [3.05, 3.63) is 77.6 Å². The van der Waals surface area contributed by atoms with Crippen LogP contribution in [0.4, 0.5) is 5.82 Å².